The van der Waals surface area contributed by atoms with Crippen molar-refractivity contribution in [3.8, 4) is 0 Å². The smallest absolute Gasteiger partial charge is 0.332 e. The van der Waals surface area contributed by atoms with Crippen molar-refractivity contribution in [2.75, 3.05) is 44.7 Å². The molecule has 12 heteroatoms. The van der Waals surface area contributed by atoms with E-state index >= 15 is 0 Å². The summed E-state index contributed by atoms with van der Waals surface area (Å²) in [7, 11) is 1.32. The number of halogens is 2. The van der Waals surface area contributed by atoms with Crippen LogP contribution in [0.15, 0.2) is 27.8 Å². The average molecular weight is 447 g/mol. The van der Waals surface area contributed by atoms with Gasteiger partial charge in [0, 0.05) is 26.7 Å². The van der Waals surface area contributed by atoms with E-state index in [0.29, 0.717) is 12.1 Å². The van der Waals surface area contributed by atoms with Crippen LogP contribution in [0.4, 0.5) is 14.7 Å². The molecule has 170 valence electrons. The first-order valence-electron chi connectivity index (χ1n) is 10.3. The molecule has 0 amide bonds. The molecule has 0 atom stereocenters. The number of hydrogen-bond acceptors (Lipinski definition) is 8. The van der Waals surface area contributed by atoms with E-state index in [2.05, 4.69) is 25.4 Å². The largest absolute Gasteiger partial charge is 0.379 e. The zero-order chi connectivity index (χ0) is 22.7. The second kappa shape index (κ2) is 9.49. The van der Waals surface area contributed by atoms with E-state index in [1.165, 1.54) is 13.1 Å². The third-order valence-corrected chi connectivity index (χ3v) is 5.31. The minimum Gasteiger partial charge on any atom is -0.379 e. The summed E-state index contributed by atoms with van der Waals surface area (Å²) in [6, 6.07) is 3.32. The quantitative estimate of drug-likeness (QED) is 0.517. The summed E-state index contributed by atoms with van der Waals surface area (Å²) in [6.45, 7) is 4.64. The Morgan fingerprint density at radius 3 is 2.66 bits per heavy atom. The molecule has 1 aliphatic heterocycles. The van der Waals surface area contributed by atoms with Gasteiger partial charge in [0.15, 0.2) is 22.8 Å². The summed E-state index contributed by atoms with van der Waals surface area (Å²) in [5.41, 5.74) is -1.01. The highest BCUT2D eigenvalue weighted by Crippen LogP contribution is 2.12. The molecule has 2 aromatic heterocycles. The zero-order valence-corrected chi connectivity index (χ0v) is 17.6. The summed E-state index contributed by atoms with van der Waals surface area (Å²) in [4.78, 5) is 31.8. The summed E-state index contributed by atoms with van der Waals surface area (Å²) in [6.07, 6.45) is 0.842. The first-order valence-corrected chi connectivity index (χ1v) is 10.3. The van der Waals surface area contributed by atoms with Gasteiger partial charge in [-0.15, -0.1) is 10.2 Å². The Balaban J connectivity index is 1.55. The second-order valence-corrected chi connectivity index (χ2v) is 7.52. The maximum absolute atomic E-state index is 13.6. The number of fused-ring (bicyclic) bond motifs is 1. The number of ether oxygens (including phenoxy) is 1. The maximum atomic E-state index is 13.6. The van der Waals surface area contributed by atoms with Crippen molar-refractivity contribution in [3.05, 3.63) is 56.2 Å². The predicted molar refractivity (Wildman–Crippen MR) is 113 cm³/mol. The van der Waals surface area contributed by atoms with E-state index in [1.807, 2.05) is 0 Å². The van der Waals surface area contributed by atoms with Gasteiger partial charge in [0.25, 0.3) is 5.56 Å². The first-order chi connectivity index (χ1) is 15.4. The molecule has 0 saturated carbocycles. The molecule has 1 N–H and O–H groups in total. The van der Waals surface area contributed by atoms with E-state index < -0.39 is 22.9 Å². The minimum atomic E-state index is -1.03. The standard InChI is InChI=1S/C20H23F2N7O3/c1-27-18(30)16-17(29(20(27)31)12-13-3-4-14(21)15(22)11-13)25-26-19(24-16)23-5-2-6-28-7-9-32-10-8-28/h3-4,11H,2,5-10,12H2,1H3,(H,23,24,26). The number of nitrogens with zero attached hydrogens (tertiary/aromatic N) is 6. The lowest BCUT2D eigenvalue weighted by Gasteiger charge is -2.26. The van der Waals surface area contributed by atoms with Crippen LogP contribution < -0.4 is 16.6 Å². The Morgan fingerprint density at radius 2 is 1.91 bits per heavy atom. The Bertz CT molecular complexity index is 1240. The van der Waals surface area contributed by atoms with Gasteiger partial charge in [-0.2, -0.15) is 0 Å². The van der Waals surface area contributed by atoms with E-state index in [1.54, 1.807) is 0 Å². The number of rotatable bonds is 7. The van der Waals surface area contributed by atoms with Gasteiger partial charge in [-0.25, -0.2) is 18.6 Å². The van der Waals surface area contributed by atoms with Crippen molar-refractivity contribution in [1.29, 1.82) is 0 Å². The Morgan fingerprint density at radius 1 is 1.12 bits per heavy atom. The lowest BCUT2D eigenvalue weighted by Crippen LogP contribution is -2.39. The fraction of sp³-hybridized carbons (Fsp3) is 0.450. The molecule has 1 aromatic carbocycles. The van der Waals surface area contributed by atoms with Crippen LogP contribution in [0.3, 0.4) is 0 Å². The minimum absolute atomic E-state index is 0.0262. The number of anilines is 1. The third kappa shape index (κ3) is 4.65. The molecule has 1 saturated heterocycles. The van der Waals surface area contributed by atoms with E-state index in [9.17, 15) is 18.4 Å². The number of aromatic nitrogens is 5. The normalized spacial score (nSPS) is 14.7. The maximum Gasteiger partial charge on any atom is 0.332 e. The monoisotopic (exact) mass is 447 g/mol. The van der Waals surface area contributed by atoms with Crippen LogP contribution in [0.2, 0.25) is 0 Å². The lowest BCUT2D eigenvalue weighted by molar-refractivity contribution is 0.0378. The zero-order valence-electron chi connectivity index (χ0n) is 17.6. The molecular formula is C20H23F2N7O3. The molecule has 1 fully saturated rings. The SMILES string of the molecule is Cn1c(=O)c2nc(NCCCN3CCOCC3)nnc2n(Cc2ccc(F)c(F)c2)c1=O. The van der Waals surface area contributed by atoms with Crippen molar-refractivity contribution in [2.24, 2.45) is 7.05 Å². The highest BCUT2D eigenvalue weighted by Gasteiger charge is 2.16. The van der Waals surface area contributed by atoms with Crippen LogP contribution in [0.25, 0.3) is 11.2 Å². The van der Waals surface area contributed by atoms with Crippen molar-refractivity contribution < 1.29 is 13.5 Å². The molecule has 3 aromatic rings. The predicted octanol–water partition coefficient (Wildman–Crippen LogP) is 0.346. The molecular weight excluding hydrogens is 424 g/mol. The summed E-state index contributed by atoms with van der Waals surface area (Å²) >= 11 is 0. The molecule has 4 rings (SSSR count). The molecule has 0 unspecified atom stereocenters. The van der Waals surface area contributed by atoms with Gasteiger partial charge in [0.2, 0.25) is 5.95 Å². The molecule has 1 aliphatic rings. The van der Waals surface area contributed by atoms with E-state index in [0.717, 1.165) is 60.5 Å². The Hall–Kier alpha value is -3.25. The van der Waals surface area contributed by atoms with Crippen molar-refractivity contribution >= 4 is 17.1 Å². The summed E-state index contributed by atoms with van der Waals surface area (Å²) < 4.78 is 34.2. The topological polar surface area (TPSA) is 107 Å². The molecule has 3 heterocycles. The van der Waals surface area contributed by atoms with Crippen LogP contribution in [0.1, 0.15) is 12.0 Å². The molecule has 0 bridgehead atoms. The molecule has 32 heavy (non-hydrogen) atoms. The van der Waals surface area contributed by atoms with Crippen LogP contribution in [-0.4, -0.2) is 68.6 Å². The van der Waals surface area contributed by atoms with Crippen LogP contribution in [-0.2, 0) is 18.3 Å². The molecule has 10 nitrogen and oxygen atoms in total. The molecule has 0 spiro atoms. The van der Waals surface area contributed by atoms with Gasteiger partial charge >= 0.3 is 5.69 Å². The lowest BCUT2D eigenvalue weighted by atomic mass is 10.2. The fourth-order valence-corrected chi connectivity index (χ4v) is 3.53. The van der Waals surface area contributed by atoms with Gasteiger partial charge < -0.3 is 10.1 Å². The van der Waals surface area contributed by atoms with Crippen molar-refractivity contribution in [2.45, 2.75) is 13.0 Å². The third-order valence-electron chi connectivity index (χ3n) is 5.31. The average Bonchev–Trinajstić information content (AvgIpc) is 2.81. The van der Waals surface area contributed by atoms with Crippen molar-refractivity contribution in [3.63, 3.8) is 0 Å². The number of benzene rings is 1. The van der Waals surface area contributed by atoms with Crippen LogP contribution in [0.5, 0.6) is 0 Å². The molecule has 0 aliphatic carbocycles. The number of hydrogen-bond donors (Lipinski definition) is 1. The van der Waals surface area contributed by atoms with Gasteiger partial charge in [-0.05, 0) is 30.7 Å². The van der Waals surface area contributed by atoms with Gasteiger partial charge in [-0.3, -0.25) is 18.8 Å². The van der Waals surface area contributed by atoms with Crippen molar-refractivity contribution in [1.82, 2.24) is 29.2 Å². The van der Waals surface area contributed by atoms with Crippen LogP contribution in [0, 0.1) is 11.6 Å². The summed E-state index contributed by atoms with van der Waals surface area (Å²) in [5, 5.41) is 11.1. The van der Waals surface area contributed by atoms with Gasteiger partial charge in [-0.1, -0.05) is 6.07 Å². The Kier molecular flexibility index (Phi) is 6.51. The Labute approximate surface area is 181 Å². The van der Waals surface area contributed by atoms with Crippen LogP contribution >= 0.6 is 0 Å². The van der Waals surface area contributed by atoms with Gasteiger partial charge in [0.1, 0.15) is 0 Å². The summed E-state index contributed by atoms with van der Waals surface area (Å²) in [5.74, 6) is -1.84. The first kappa shape index (κ1) is 22.0. The number of nitrogens with one attached hydrogen (secondary N) is 1. The van der Waals surface area contributed by atoms with Gasteiger partial charge in [0.05, 0.1) is 19.8 Å². The second-order valence-electron chi connectivity index (χ2n) is 7.52. The fourth-order valence-electron chi connectivity index (χ4n) is 3.53. The highest BCUT2D eigenvalue weighted by molar-refractivity contribution is 5.69. The number of morpholine rings is 1. The van der Waals surface area contributed by atoms with E-state index in [-0.39, 0.29) is 23.7 Å². The highest BCUT2D eigenvalue weighted by atomic mass is 19.2. The molecule has 0 radical (unpaired) electrons. The van der Waals surface area contributed by atoms with E-state index in [4.69, 9.17) is 4.74 Å².